The predicted molar refractivity (Wildman–Crippen MR) is 84.1 cm³/mol. The van der Waals surface area contributed by atoms with Crippen LogP contribution in [0.1, 0.15) is 16.8 Å². The zero-order valence-electron chi connectivity index (χ0n) is 12.7. The Bertz CT molecular complexity index is 938. The van der Waals surface area contributed by atoms with Gasteiger partial charge in [-0.3, -0.25) is 5.10 Å². The van der Waals surface area contributed by atoms with E-state index >= 15 is 0 Å². The van der Waals surface area contributed by atoms with Crippen molar-refractivity contribution in [3.63, 3.8) is 0 Å². The van der Waals surface area contributed by atoms with Gasteiger partial charge in [0.05, 0.1) is 11.4 Å². The van der Waals surface area contributed by atoms with Crippen LogP contribution in [0.25, 0.3) is 22.9 Å². The number of H-pyrrole nitrogens is 1. The second kappa shape index (κ2) is 4.56. The van der Waals surface area contributed by atoms with Crippen molar-refractivity contribution in [2.75, 3.05) is 0 Å². The molecule has 0 atom stereocenters. The lowest BCUT2D eigenvalue weighted by Crippen LogP contribution is -2.02. The second-order valence-electron chi connectivity index (χ2n) is 5.48. The Morgan fingerprint density at radius 1 is 1.00 bits per heavy atom. The summed E-state index contributed by atoms with van der Waals surface area (Å²) in [6.07, 6.45) is 1.96. The van der Waals surface area contributed by atoms with Crippen LogP contribution in [0.4, 0.5) is 0 Å². The molecule has 4 rings (SSSR count). The highest BCUT2D eigenvalue weighted by atomic mass is 15.5. The lowest BCUT2D eigenvalue weighted by Gasteiger charge is -1.99. The van der Waals surface area contributed by atoms with Gasteiger partial charge in [0.15, 0.2) is 5.65 Å². The first-order valence-electron chi connectivity index (χ1n) is 7.17. The molecule has 0 bridgehead atoms. The quantitative estimate of drug-likeness (QED) is 0.618. The average Bonchev–Trinajstić information content (AvgIpc) is 3.17. The predicted octanol–water partition coefficient (Wildman–Crippen LogP) is 2.84. The van der Waals surface area contributed by atoms with Crippen molar-refractivity contribution in [3.8, 4) is 17.2 Å². The summed E-state index contributed by atoms with van der Waals surface area (Å²) in [7, 11) is 0. The fourth-order valence-corrected chi connectivity index (χ4v) is 2.61. The molecule has 6 heteroatoms. The van der Waals surface area contributed by atoms with Crippen molar-refractivity contribution in [2.45, 2.75) is 20.8 Å². The molecule has 3 heterocycles. The highest BCUT2D eigenvalue weighted by Crippen LogP contribution is 2.25. The van der Waals surface area contributed by atoms with Crippen molar-refractivity contribution in [1.29, 1.82) is 0 Å². The number of aromatic amines is 1. The van der Waals surface area contributed by atoms with E-state index in [4.69, 9.17) is 0 Å². The molecule has 3 aromatic heterocycles. The lowest BCUT2D eigenvalue weighted by molar-refractivity contribution is 0.757. The van der Waals surface area contributed by atoms with Gasteiger partial charge in [0.25, 0.3) is 5.95 Å². The van der Waals surface area contributed by atoms with Crippen molar-refractivity contribution < 1.29 is 0 Å². The summed E-state index contributed by atoms with van der Waals surface area (Å²) in [5.74, 6) is 0.663. The highest BCUT2D eigenvalue weighted by Gasteiger charge is 2.17. The van der Waals surface area contributed by atoms with Crippen LogP contribution in [0, 0.1) is 20.8 Å². The molecule has 0 aliphatic heterocycles. The summed E-state index contributed by atoms with van der Waals surface area (Å²) in [5, 5.41) is 16.4. The Hall–Kier alpha value is -2.89. The zero-order chi connectivity index (χ0) is 15.3. The normalized spacial score (nSPS) is 11.4. The van der Waals surface area contributed by atoms with E-state index in [1.807, 2.05) is 49.7 Å². The minimum atomic E-state index is 0.663. The Kier molecular flexibility index (Phi) is 2.66. The highest BCUT2D eigenvalue weighted by molar-refractivity contribution is 5.70. The fraction of sp³-hybridized carbons (Fsp3) is 0.188. The molecule has 0 amide bonds. The molecule has 0 fully saturated rings. The summed E-state index contributed by atoms with van der Waals surface area (Å²) < 4.78 is 3.64. The molecule has 110 valence electrons. The van der Waals surface area contributed by atoms with E-state index in [1.165, 1.54) is 0 Å². The van der Waals surface area contributed by atoms with Crippen LogP contribution in [0.3, 0.4) is 0 Å². The van der Waals surface area contributed by atoms with Gasteiger partial charge < -0.3 is 0 Å². The molecule has 1 N–H and O–H groups in total. The first-order chi connectivity index (χ1) is 10.6. The van der Waals surface area contributed by atoms with Crippen molar-refractivity contribution in [1.82, 2.24) is 29.6 Å². The minimum absolute atomic E-state index is 0.663. The molecule has 0 saturated carbocycles. The zero-order valence-corrected chi connectivity index (χ0v) is 12.7. The number of nitrogens with one attached hydrogen (secondary N) is 1. The van der Waals surface area contributed by atoms with Crippen LogP contribution < -0.4 is 0 Å². The molecule has 0 radical (unpaired) electrons. The van der Waals surface area contributed by atoms with Gasteiger partial charge in [0.2, 0.25) is 0 Å². The molecule has 0 spiro atoms. The maximum atomic E-state index is 4.49. The van der Waals surface area contributed by atoms with Crippen LogP contribution in [-0.4, -0.2) is 29.6 Å². The molecule has 6 nitrogen and oxygen atoms in total. The molecule has 0 saturated heterocycles. The Morgan fingerprint density at radius 2 is 1.77 bits per heavy atom. The van der Waals surface area contributed by atoms with Gasteiger partial charge in [-0.2, -0.15) is 9.61 Å². The molecular weight excluding hydrogens is 276 g/mol. The molecule has 0 unspecified atom stereocenters. The number of benzene rings is 1. The third kappa shape index (κ3) is 1.77. The van der Waals surface area contributed by atoms with E-state index in [2.05, 4.69) is 32.5 Å². The van der Waals surface area contributed by atoms with Gasteiger partial charge in [0, 0.05) is 11.8 Å². The third-order valence-corrected chi connectivity index (χ3v) is 3.99. The summed E-state index contributed by atoms with van der Waals surface area (Å²) in [6, 6.07) is 10.2. The van der Waals surface area contributed by atoms with Crippen molar-refractivity contribution in [3.05, 3.63) is 53.3 Å². The van der Waals surface area contributed by atoms with E-state index in [9.17, 15) is 0 Å². The van der Waals surface area contributed by atoms with Gasteiger partial charge in [-0.15, -0.1) is 10.2 Å². The van der Waals surface area contributed by atoms with Gasteiger partial charge in [-0.1, -0.05) is 30.3 Å². The van der Waals surface area contributed by atoms with Gasteiger partial charge in [-0.05, 0) is 31.9 Å². The minimum Gasteiger partial charge on any atom is -0.289 e. The monoisotopic (exact) mass is 292 g/mol. The summed E-state index contributed by atoms with van der Waals surface area (Å²) in [5.41, 5.74) is 6.19. The molecule has 0 aliphatic rings. The standard InChI is InChI=1S/C16H16N6/c1-10-9-21(19-12(10)3)16-18-17-15-11(2)14(20-22(15)16)13-7-5-4-6-8-13/h4-9,20H,1-3H3. The molecule has 1 aromatic carbocycles. The van der Waals surface area contributed by atoms with E-state index in [0.717, 1.165) is 33.7 Å². The first kappa shape index (κ1) is 12.8. The Morgan fingerprint density at radius 3 is 2.45 bits per heavy atom. The molecule has 22 heavy (non-hydrogen) atoms. The molecular formula is C16H16N6. The number of rotatable bonds is 2. The number of aromatic nitrogens is 6. The van der Waals surface area contributed by atoms with Crippen molar-refractivity contribution >= 4 is 5.65 Å². The molecule has 4 aromatic rings. The number of nitrogens with zero attached hydrogens (tertiary/aromatic N) is 5. The fourth-order valence-electron chi connectivity index (χ4n) is 2.61. The van der Waals surface area contributed by atoms with Crippen LogP contribution in [0.5, 0.6) is 0 Å². The summed E-state index contributed by atoms with van der Waals surface area (Å²) >= 11 is 0. The van der Waals surface area contributed by atoms with Gasteiger partial charge in [0.1, 0.15) is 0 Å². The topological polar surface area (TPSA) is 63.8 Å². The van der Waals surface area contributed by atoms with E-state index < -0.39 is 0 Å². The first-order valence-corrected chi connectivity index (χ1v) is 7.17. The van der Waals surface area contributed by atoms with E-state index in [1.54, 1.807) is 4.68 Å². The smallest absolute Gasteiger partial charge is 0.271 e. The number of hydrogen-bond donors (Lipinski definition) is 1. The Labute approximate surface area is 127 Å². The molecule has 0 aliphatic carbocycles. The van der Waals surface area contributed by atoms with Gasteiger partial charge >= 0.3 is 0 Å². The maximum absolute atomic E-state index is 4.49. The lowest BCUT2D eigenvalue weighted by atomic mass is 10.1. The van der Waals surface area contributed by atoms with Crippen LogP contribution >= 0.6 is 0 Å². The van der Waals surface area contributed by atoms with E-state index in [0.29, 0.717) is 5.95 Å². The average molecular weight is 292 g/mol. The third-order valence-electron chi connectivity index (χ3n) is 3.99. The largest absolute Gasteiger partial charge is 0.289 e. The number of hydrogen-bond acceptors (Lipinski definition) is 3. The summed E-state index contributed by atoms with van der Waals surface area (Å²) in [4.78, 5) is 0. The SMILES string of the molecule is Cc1cn(-c2nnc3c(C)c(-c4ccccc4)[nH]n23)nc1C. The van der Waals surface area contributed by atoms with Gasteiger partial charge in [-0.25, -0.2) is 4.68 Å². The van der Waals surface area contributed by atoms with Crippen LogP contribution in [0.2, 0.25) is 0 Å². The summed E-state index contributed by atoms with van der Waals surface area (Å²) in [6.45, 7) is 6.07. The maximum Gasteiger partial charge on any atom is 0.271 e. The number of fused-ring (bicyclic) bond motifs is 1. The van der Waals surface area contributed by atoms with Crippen LogP contribution in [0.15, 0.2) is 36.5 Å². The van der Waals surface area contributed by atoms with Crippen molar-refractivity contribution in [2.24, 2.45) is 0 Å². The van der Waals surface area contributed by atoms with Crippen LogP contribution in [-0.2, 0) is 0 Å². The van der Waals surface area contributed by atoms with E-state index in [-0.39, 0.29) is 0 Å². The Balaban J connectivity index is 1.93. The number of aryl methyl sites for hydroxylation is 3. The second-order valence-corrected chi connectivity index (χ2v) is 5.48.